The third kappa shape index (κ3) is 3.48. The Bertz CT molecular complexity index is 1150. The molecule has 2 N–H and O–H groups in total. The highest BCUT2D eigenvalue weighted by atomic mass is 16.5. The summed E-state index contributed by atoms with van der Waals surface area (Å²) < 4.78 is 9.56. The molecule has 9 heteroatoms. The zero-order chi connectivity index (χ0) is 20.5. The SMILES string of the molecule is CC(C)c1cnn2c(NCc3ccccc3-n3cccn3)nc(OC3CNC3)nc12. The molecule has 9 nitrogen and oxygen atoms in total. The molecule has 4 aromatic rings. The molecule has 4 heterocycles. The van der Waals surface area contributed by atoms with Crippen LogP contribution in [-0.4, -0.2) is 48.6 Å². The first-order valence-corrected chi connectivity index (χ1v) is 10.1. The van der Waals surface area contributed by atoms with Gasteiger partial charge in [0, 0.05) is 37.6 Å². The summed E-state index contributed by atoms with van der Waals surface area (Å²) in [6, 6.07) is 10.4. The highest BCUT2D eigenvalue weighted by Gasteiger charge is 2.22. The van der Waals surface area contributed by atoms with Gasteiger partial charge in [0.2, 0.25) is 5.95 Å². The van der Waals surface area contributed by atoms with Gasteiger partial charge in [-0.2, -0.15) is 24.7 Å². The van der Waals surface area contributed by atoms with E-state index in [0.717, 1.165) is 35.6 Å². The Morgan fingerprint density at radius 3 is 2.77 bits per heavy atom. The van der Waals surface area contributed by atoms with Gasteiger partial charge in [-0.3, -0.25) is 0 Å². The standard InChI is InChI=1S/C21H24N8O/c1-14(2)17-13-25-29-19(17)26-21(30-16-11-22-12-16)27-20(29)23-10-15-6-3-4-7-18(15)28-9-5-8-24-28/h3-9,13-14,16,22H,10-12H2,1-2H3,(H,23,26,27). The number of nitrogens with zero attached hydrogens (tertiary/aromatic N) is 6. The highest BCUT2D eigenvalue weighted by molar-refractivity contribution is 5.53. The minimum atomic E-state index is 0.103. The molecule has 0 unspecified atom stereocenters. The Balaban J connectivity index is 1.48. The van der Waals surface area contributed by atoms with Crippen molar-refractivity contribution in [1.29, 1.82) is 0 Å². The van der Waals surface area contributed by atoms with Gasteiger partial charge >= 0.3 is 6.01 Å². The topological polar surface area (TPSA) is 94.2 Å². The zero-order valence-corrected chi connectivity index (χ0v) is 17.0. The van der Waals surface area contributed by atoms with E-state index < -0.39 is 0 Å². The lowest BCUT2D eigenvalue weighted by Crippen LogP contribution is -2.50. The number of nitrogens with one attached hydrogen (secondary N) is 2. The van der Waals surface area contributed by atoms with Crippen LogP contribution in [0.5, 0.6) is 6.01 Å². The normalized spacial score (nSPS) is 14.2. The van der Waals surface area contributed by atoms with E-state index in [1.165, 1.54) is 0 Å². The number of fused-ring (bicyclic) bond motifs is 1. The van der Waals surface area contributed by atoms with Crippen LogP contribution in [0.2, 0.25) is 0 Å². The first-order valence-electron chi connectivity index (χ1n) is 10.1. The first kappa shape index (κ1) is 18.6. The maximum absolute atomic E-state index is 5.96. The largest absolute Gasteiger partial charge is 0.457 e. The molecule has 30 heavy (non-hydrogen) atoms. The second-order valence-electron chi connectivity index (χ2n) is 7.65. The summed E-state index contributed by atoms with van der Waals surface area (Å²) in [7, 11) is 0. The van der Waals surface area contributed by atoms with Crippen molar-refractivity contribution in [2.75, 3.05) is 18.4 Å². The molecule has 0 amide bonds. The molecule has 5 rings (SSSR count). The van der Waals surface area contributed by atoms with Crippen LogP contribution < -0.4 is 15.4 Å². The van der Waals surface area contributed by atoms with Gasteiger partial charge in [-0.05, 0) is 23.6 Å². The summed E-state index contributed by atoms with van der Waals surface area (Å²) in [5.41, 5.74) is 3.94. The summed E-state index contributed by atoms with van der Waals surface area (Å²) in [4.78, 5) is 9.25. The van der Waals surface area contributed by atoms with E-state index in [9.17, 15) is 0 Å². The summed E-state index contributed by atoms with van der Waals surface area (Å²) in [6.07, 6.45) is 5.66. The van der Waals surface area contributed by atoms with Gasteiger partial charge in [0.15, 0.2) is 5.65 Å². The quantitative estimate of drug-likeness (QED) is 0.488. The molecule has 1 fully saturated rings. The molecule has 0 bridgehead atoms. The van der Waals surface area contributed by atoms with Crippen molar-refractivity contribution in [2.24, 2.45) is 0 Å². The maximum Gasteiger partial charge on any atom is 0.322 e. The van der Waals surface area contributed by atoms with Crippen LogP contribution in [-0.2, 0) is 6.54 Å². The number of para-hydroxylation sites is 1. The van der Waals surface area contributed by atoms with E-state index in [2.05, 4.69) is 50.7 Å². The van der Waals surface area contributed by atoms with Gasteiger partial charge < -0.3 is 15.4 Å². The second kappa shape index (κ2) is 7.75. The molecule has 1 aromatic carbocycles. The van der Waals surface area contributed by atoms with Gasteiger partial charge in [-0.15, -0.1) is 0 Å². The molecule has 0 spiro atoms. The van der Waals surface area contributed by atoms with Crippen molar-refractivity contribution in [3.8, 4) is 11.7 Å². The summed E-state index contributed by atoms with van der Waals surface area (Å²) in [5, 5.41) is 15.5. The lowest BCUT2D eigenvalue weighted by Gasteiger charge is -2.26. The van der Waals surface area contributed by atoms with E-state index in [4.69, 9.17) is 4.74 Å². The second-order valence-corrected chi connectivity index (χ2v) is 7.65. The number of ether oxygens (including phenoxy) is 1. The zero-order valence-electron chi connectivity index (χ0n) is 17.0. The number of hydrogen-bond donors (Lipinski definition) is 2. The molecule has 0 saturated carbocycles. The van der Waals surface area contributed by atoms with Crippen molar-refractivity contribution in [2.45, 2.75) is 32.4 Å². The van der Waals surface area contributed by atoms with Crippen molar-refractivity contribution >= 4 is 11.6 Å². The molecule has 1 aliphatic rings. The number of aromatic nitrogens is 6. The average Bonchev–Trinajstić information content (AvgIpc) is 3.39. The van der Waals surface area contributed by atoms with E-state index >= 15 is 0 Å². The van der Waals surface area contributed by atoms with Crippen LogP contribution >= 0.6 is 0 Å². The highest BCUT2D eigenvalue weighted by Crippen LogP contribution is 2.24. The van der Waals surface area contributed by atoms with E-state index in [0.29, 0.717) is 24.4 Å². The number of benzene rings is 1. The smallest absolute Gasteiger partial charge is 0.322 e. The average molecular weight is 404 g/mol. The van der Waals surface area contributed by atoms with Crippen LogP contribution in [0.25, 0.3) is 11.3 Å². The van der Waals surface area contributed by atoms with Gasteiger partial charge in [-0.25, -0.2) is 4.68 Å². The third-order valence-corrected chi connectivity index (χ3v) is 5.19. The fourth-order valence-electron chi connectivity index (χ4n) is 3.41. The third-order valence-electron chi connectivity index (χ3n) is 5.19. The minimum absolute atomic E-state index is 0.103. The lowest BCUT2D eigenvalue weighted by molar-refractivity contribution is 0.130. The number of anilines is 1. The van der Waals surface area contributed by atoms with Crippen LogP contribution in [0.3, 0.4) is 0 Å². The fourth-order valence-corrected chi connectivity index (χ4v) is 3.41. The Kier molecular flexibility index (Phi) is 4.80. The molecular formula is C21H24N8O. The molecule has 1 aliphatic heterocycles. The number of rotatable bonds is 7. The number of hydrogen-bond acceptors (Lipinski definition) is 7. The monoisotopic (exact) mass is 404 g/mol. The lowest BCUT2D eigenvalue weighted by atomic mass is 10.1. The summed E-state index contributed by atoms with van der Waals surface area (Å²) in [6.45, 7) is 6.44. The van der Waals surface area contributed by atoms with Crippen LogP contribution in [0.15, 0.2) is 48.9 Å². The van der Waals surface area contributed by atoms with Gasteiger partial charge in [0.05, 0.1) is 11.9 Å². The van der Waals surface area contributed by atoms with Crippen LogP contribution in [0, 0.1) is 0 Å². The fraction of sp³-hybridized carbons (Fsp3) is 0.333. The first-order chi connectivity index (χ1) is 14.7. The predicted octanol–water partition coefficient (Wildman–Crippen LogP) is 2.40. The molecule has 154 valence electrons. The van der Waals surface area contributed by atoms with Crippen molar-refractivity contribution in [3.63, 3.8) is 0 Å². The summed E-state index contributed by atoms with van der Waals surface area (Å²) in [5.74, 6) is 0.897. The molecule has 0 aliphatic carbocycles. The van der Waals surface area contributed by atoms with E-state index in [-0.39, 0.29) is 6.10 Å². The van der Waals surface area contributed by atoms with Crippen LogP contribution in [0.4, 0.5) is 5.95 Å². The van der Waals surface area contributed by atoms with E-state index in [1.54, 1.807) is 10.7 Å². The Morgan fingerprint density at radius 2 is 2.03 bits per heavy atom. The summed E-state index contributed by atoms with van der Waals surface area (Å²) >= 11 is 0. The maximum atomic E-state index is 5.96. The molecule has 0 radical (unpaired) electrons. The Hall–Kier alpha value is -3.46. The van der Waals surface area contributed by atoms with Crippen molar-refractivity contribution in [3.05, 3.63) is 60.0 Å². The van der Waals surface area contributed by atoms with Gasteiger partial charge in [-0.1, -0.05) is 32.0 Å². The van der Waals surface area contributed by atoms with Gasteiger partial charge in [0.1, 0.15) is 6.10 Å². The molecule has 0 atom stereocenters. The van der Waals surface area contributed by atoms with E-state index in [1.807, 2.05) is 41.3 Å². The van der Waals surface area contributed by atoms with Gasteiger partial charge in [0.25, 0.3) is 0 Å². The Morgan fingerprint density at radius 1 is 1.17 bits per heavy atom. The molecule has 3 aromatic heterocycles. The minimum Gasteiger partial charge on any atom is -0.457 e. The van der Waals surface area contributed by atoms with Crippen molar-refractivity contribution < 1.29 is 4.74 Å². The predicted molar refractivity (Wildman–Crippen MR) is 113 cm³/mol. The molecule has 1 saturated heterocycles. The Labute approximate surface area is 174 Å². The van der Waals surface area contributed by atoms with Crippen LogP contribution in [0.1, 0.15) is 30.9 Å². The van der Waals surface area contributed by atoms with Crippen molar-refractivity contribution in [1.82, 2.24) is 34.7 Å². The molecular weight excluding hydrogens is 380 g/mol.